The average molecular weight is 331 g/mol. The maximum absolute atomic E-state index is 5.85. The van der Waals surface area contributed by atoms with Gasteiger partial charge in [0.2, 0.25) is 0 Å². The van der Waals surface area contributed by atoms with Crippen molar-refractivity contribution in [3.8, 4) is 5.75 Å². The molecule has 2 rings (SSSR count). The first-order valence-electron chi connectivity index (χ1n) is 5.56. The van der Waals surface area contributed by atoms with Crippen LogP contribution in [0.15, 0.2) is 45.5 Å². The fraction of sp³-hybridized carbons (Fsp3) is 0.231. The number of furan rings is 1. The number of benzene rings is 1. The van der Waals surface area contributed by atoms with Crippen LogP contribution in [-0.4, -0.2) is 13.2 Å². The zero-order valence-corrected chi connectivity index (χ0v) is 12.0. The van der Waals surface area contributed by atoms with Crippen molar-refractivity contribution in [1.29, 1.82) is 0 Å². The summed E-state index contributed by atoms with van der Waals surface area (Å²) in [4.78, 5) is 0. The predicted molar refractivity (Wildman–Crippen MR) is 75.1 cm³/mol. The normalized spacial score (nSPS) is 10.6. The minimum atomic E-state index is 0.584. The van der Waals surface area contributed by atoms with Gasteiger partial charge in [-0.25, -0.2) is 0 Å². The molecule has 0 saturated carbocycles. The molecule has 0 amide bonds. The smallest absolute Gasteiger partial charge is 0.133 e. The second-order valence-corrected chi connectivity index (χ2v) is 4.97. The minimum Gasteiger partial charge on any atom is -0.491 e. The summed E-state index contributed by atoms with van der Waals surface area (Å²) >= 11 is 9.25. The Bertz CT molecular complexity index is 488. The zero-order valence-electron chi connectivity index (χ0n) is 9.66. The van der Waals surface area contributed by atoms with Gasteiger partial charge in [0.05, 0.1) is 17.3 Å². The molecule has 0 unspecified atom stereocenters. The third-order valence-corrected chi connectivity index (χ3v) is 3.16. The van der Waals surface area contributed by atoms with Gasteiger partial charge in [-0.3, -0.25) is 0 Å². The van der Waals surface area contributed by atoms with Crippen molar-refractivity contribution < 1.29 is 9.15 Å². The van der Waals surface area contributed by atoms with Crippen LogP contribution in [0.5, 0.6) is 5.75 Å². The molecular formula is C13H13BrClNO2. The van der Waals surface area contributed by atoms with Crippen molar-refractivity contribution >= 4 is 27.5 Å². The standard InChI is InChI=1S/C13H13BrClNO2/c14-12-8-10(15)3-4-13(12)18-7-5-16-9-11-2-1-6-17-11/h1-4,6,8,16H,5,7,9H2. The molecule has 0 aliphatic carbocycles. The number of hydrogen-bond donors (Lipinski definition) is 1. The van der Waals surface area contributed by atoms with Gasteiger partial charge in [0.15, 0.2) is 0 Å². The monoisotopic (exact) mass is 329 g/mol. The summed E-state index contributed by atoms with van der Waals surface area (Å²) in [6.45, 7) is 2.04. The van der Waals surface area contributed by atoms with E-state index in [1.807, 2.05) is 24.3 Å². The van der Waals surface area contributed by atoms with Crippen LogP contribution in [0.4, 0.5) is 0 Å². The molecule has 0 bridgehead atoms. The van der Waals surface area contributed by atoms with E-state index in [4.69, 9.17) is 20.8 Å². The molecule has 3 nitrogen and oxygen atoms in total. The Morgan fingerprint density at radius 2 is 2.22 bits per heavy atom. The second kappa shape index (κ2) is 6.83. The highest BCUT2D eigenvalue weighted by Crippen LogP contribution is 2.27. The summed E-state index contributed by atoms with van der Waals surface area (Å²) in [5, 5.41) is 3.91. The third kappa shape index (κ3) is 4.05. The average Bonchev–Trinajstić information content (AvgIpc) is 2.84. The van der Waals surface area contributed by atoms with Crippen LogP contribution >= 0.6 is 27.5 Å². The SMILES string of the molecule is Clc1ccc(OCCNCc2ccco2)c(Br)c1. The number of nitrogens with one attached hydrogen (secondary N) is 1. The van der Waals surface area contributed by atoms with Crippen LogP contribution in [-0.2, 0) is 6.54 Å². The Morgan fingerprint density at radius 3 is 2.94 bits per heavy atom. The predicted octanol–water partition coefficient (Wildman–Crippen LogP) is 3.86. The first-order chi connectivity index (χ1) is 8.75. The van der Waals surface area contributed by atoms with E-state index < -0.39 is 0 Å². The molecule has 18 heavy (non-hydrogen) atoms. The molecule has 1 aromatic heterocycles. The molecule has 0 saturated heterocycles. The number of halogens is 2. The van der Waals surface area contributed by atoms with E-state index in [-0.39, 0.29) is 0 Å². The van der Waals surface area contributed by atoms with Crippen LogP contribution in [0.2, 0.25) is 5.02 Å². The summed E-state index contributed by atoms with van der Waals surface area (Å²) in [6.07, 6.45) is 1.67. The first-order valence-corrected chi connectivity index (χ1v) is 6.74. The fourth-order valence-corrected chi connectivity index (χ4v) is 2.25. The minimum absolute atomic E-state index is 0.584. The Labute approximate surface area is 119 Å². The Kier molecular flexibility index (Phi) is 5.11. The van der Waals surface area contributed by atoms with Gasteiger partial charge in [-0.05, 0) is 46.3 Å². The lowest BCUT2D eigenvalue weighted by molar-refractivity contribution is 0.309. The zero-order chi connectivity index (χ0) is 12.8. The number of ether oxygens (including phenoxy) is 1. The van der Waals surface area contributed by atoms with E-state index in [1.165, 1.54) is 0 Å². The van der Waals surface area contributed by atoms with Crippen LogP contribution < -0.4 is 10.1 Å². The lowest BCUT2D eigenvalue weighted by Gasteiger charge is -2.08. The van der Waals surface area contributed by atoms with E-state index in [0.29, 0.717) is 18.2 Å². The molecule has 0 atom stereocenters. The number of hydrogen-bond acceptors (Lipinski definition) is 3. The summed E-state index contributed by atoms with van der Waals surface area (Å²) in [5.74, 6) is 1.71. The van der Waals surface area contributed by atoms with E-state index in [2.05, 4.69) is 21.2 Å². The van der Waals surface area contributed by atoms with E-state index >= 15 is 0 Å². The van der Waals surface area contributed by atoms with E-state index in [0.717, 1.165) is 22.5 Å². The molecule has 1 N–H and O–H groups in total. The molecule has 0 aliphatic rings. The summed E-state index contributed by atoms with van der Waals surface area (Å²) < 4.78 is 11.7. The van der Waals surface area contributed by atoms with Crippen molar-refractivity contribution in [3.63, 3.8) is 0 Å². The highest BCUT2D eigenvalue weighted by Gasteiger charge is 2.01. The van der Waals surface area contributed by atoms with Crippen molar-refractivity contribution in [3.05, 3.63) is 51.9 Å². The Morgan fingerprint density at radius 1 is 1.33 bits per heavy atom. The lowest BCUT2D eigenvalue weighted by atomic mass is 10.3. The molecule has 0 radical (unpaired) electrons. The largest absolute Gasteiger partial charge is 0.491 e. The van der Waals surface area contributed by atoms with Crippen LogP contribution in [0.25, 0.3) is 0 Å². The van der Waals surface area contributed by atoms with Crippen molar-refractivity contribution in [1.82, 2.24) is 5.32 Å². The van der Waals surface area contributed by atoms with Crippen LogP contribution in [0.1, 0.15) is 5.76 Å². The molecule has 1 heterocycles. The highest BCUT2D eigenvalue weighted by atomic mass is 79.9. The molecule has 2 aromatic rings. The van der Waals surface area contributed by atoms with Gasteiger partial charge in [0.1, 0.15) is 18.1 Å². The molecule has 0 aliphatic heterocycles. The van der Waals surface area contributed by atoms with Crippen molar-refractivity contribution in [2.75, 3.05) is 13.2 Å². The van der Waals surface area contributed by atoms with Gasteiger partial charge < -0.3 is 14.5 Å². The number of rotatable bonds is 6. The van der Waals surface area contributed by atoms with E-state index in [1.54, 1.807) is 12.3 Å². The van der Waals surface area contributed by atoms with E-state index in [9.17, 15) is 0 Å². The van der Waals surface area contributed by atoms with Gasteiger partial charge in [0, 0.05) is 11.6 Å². The Balaban J connectivity index is 1.69. The van der Waals surface area contributed by atoms with Crippen molar-refractivity contribution in [2.24, 2.45) is 0 Å². The third-order valence-electron chi connectivity index (χ3n) is 2.31. The Hall–Kier alpha value is -0.970. The maximum Gasteiger partial charge on any atom is 0.133 e. The first kappa shape index (κ1) is 13.5. The molecule has 0 fully saturated rings. The lowest BCUT2D eigenvalue weighted by Crippen LogP contribution is -2.20. The topological polar surface area (TPSA) is 34.4 Å². The summed E-state index contributed by atoms with van der Waals surface area (Å²) in [7, 11) is 0. The molecule has 0 spiro atoms. The fourth-order valence-electron chi connectivity index (χ4n) is 1.45. The second-order valence-electron chi connectivity index (χ2n) is 3.68. The quantitative estimate of drug-likeness (QED) is 0.817. The molecular weight excluding hydrogens is 318 g/mol. The van der Waals surface area contributed by atoms with Gasteiger partial charge in [0.25, 0.3) is 0 Å². The maximum atomic E-state index is 5.85. The summed E-state index contributed by atoms with van der Waals surface area (Å²) in [6, 6.07) is 9.27. The molecule has 96 valence electrons. The molecule has 1 aromatic carbocycles. The highest BCUT2D eigenvalue weighted by molar-refractivity contribution is 9.10. The van der Waals surface area contributed by atoms with Gasteiger partial charge >= 0.3 is 0 Å². The van der Waals surface area contributed by atoms with Gasteiger partial charge in [-0.15, -0.1) is 0 Å². The van der Waals surface area contributed by atoms with Crippen LogP contribution in [0.3, 0.4) is 0 Å². The van der Waals surface area contributed by atoms with Crippen molar-refractivity contribution in [2.45, 2.75) is 6.54 Å². The summed E-state index contributed by atoms with van der Waals surface area (Å²) in [5.41, 5.74) is 0. The van der Waals surface area contributed by atoms with Crippen LogP contribution in [0, 0.1) is 0 Å². The molecule has 5 heteroatoms. The van der Waals surface area contributed by atoms with Gasteiger partial charge in [-0.1, -0.05) is 11.6 Å². The van der Waals surface area contributed by atoms with Gasteiger partial charge in [-0.2, -0.15) is 0 Å².